The molecule has 4 nitrogen and oxygen atoms in total. The number of rotatable bonds is 2. The monoisotopic (exact) mass is 330 g/mol. The Kier molecular flexibility index (Phi) is 3.94. The van der Waals surface area contributed by atoms with Crippen molar-refractivity contribution >= 4 is 34.1 Å². The highest BCUT2D eigenvalue weighted by atomic mass is 32.1. The van der Waals surface area contributed by atoms with Crippen molar-refractivity contribution in [3.05, 3.63) is 22.6 Å². The van der Waals surface area contributed by atoms with Gasteiger partial charge in [-0.1, -0.05) is 5.16 Å². The summed E-state index contributed by atoms with van der Waals surface area (Å²) in [6, 6.07) is 3.58. The molecule has 1 aromatic heterocycles. The molecular formula is C14H13F3N2O2S. The average Bonchev–Trinajstić information content (AvgIpc) is 3.08. The van der Waals surface area contributed by atoms with E-state index in [1.54, 1.807) is 6.07 Å². The fourth-order valence-electron chi connectivity index (χ4n) is 2.46. The number of alkyl halides is 3. The van der Waals surface area contributed by atoms with Crippen LogP contribution in [0.2, 0.25) is 0 Å². The zero-order valence-electron chi connectivity index (χ0n) is 11.5. The molecule has 1 saturated heterocycles. The van der Waals surface area contributed by atoms with E-state index in [4.69, 9.17) is 0 Å². The number of hydrogen-bond donors (Lipinski definition) is 0. The zero-order valence-corrected chi connectivity index (χ0v) is 12.3. The first kappa shape index (κ1) is 15.1. The predicted molar refractivity (Wildman–Crippen MR) is 77.9 cm³/mol. The fourth-order valence-corrected chi connectivity index (χ4v) is 3.46. The van der Waals surface area contributed by atoms with Crippen molar-refractivity contribution in [2.24, 2.45) is 5.16 Å². The SMILES string of the molecule is O=C1ON=C(C(F)(F)F)C1=Cc1ccc(N2CCCCC2)s1. The van der Waals surface area contributed by atoms with Gasteiger partial charge in [0.2, 0.25) is 0 Å². The maximum absolute atomic E-state index is 12.8. The minimum atomic E-state index is -4.70. The van der Waals surface area contributed by atoms with Gasteiger partial charge >= 0.3 is 12.1 Å². The number of anilines is 1. The maximum Gasteiger partial charge on any atom is 0.437 e. The summed E-state index contributed by atoms with van der Waals surface area (Å²) < 4.78 is 38.3. The van der Waals surface area contributed by atoms with Gasteiger partial charge in [-0.05, 0) is 37.5 Å². The highest BCUT2D eigenvalue weighted by molar-refractivity contribution is 7.17. The second kappa shape index (κ2) is 5.75. The lowest BCUT2D eigenvalue weighted by Crippen LogP contribution is -2.28. The van der Waals surface area contributed by atoms with E-state index in [0.29, 0.717) is 4.88 Å². The summed E-state index contributed by atoms with van der Waals surface area (Å²) in [5.41, 5.74) is -1.81. The van der Waals surface area contributed by atoms with Gasteiger partial charge in [0.25, 0.3) is 0 Å². The molecule has 0 atom stereocenters. The van der Waals surface area contributed by atoms with Gasteiger partial charge in [-0.25, -0.2) is 4.79 Å². The molecule has 22 heavy (non-hydrogen) atoms. The van der Waals surface area contributed by atoms with Crippen LogP contribution >= 0.6 is 11.3 Å². The summed E-state index contributed by atoms with van der Waals surface area (Å²) in [5.74, 6) is -1.07. The Morgan fingerprint density at radius 1 is 1.23 bits per heavy atom. The van der Waals surface area contributed by atoms with Crippen molar-refractivity contribution in [1.82, 2.24) is 0 Å². The summed E-state index contributed by atoms with van der Waals surface area (Å²) in [7, 11) is 0. The Morgan fingerprint density at radius 2 is 1.95 bits per heavy atom. The Balaban J connectivity index is 1.84. The van der Waals surface area contributed by atoms with Crippen LogP contribution in [0.4, 0.5) is 18.2 Å². The predicted octanol–water partition coefficient (Wildman–Crippen LogP) is 3.60. The summed E-state index contributed by atoms with van der Waals surface area (Å²) in [6.07, 6.45) is -0.0716. The second-order valence-corrected chi connectivity index (χ2v) is 6.19. The molecule has 1 fully saturated rings. The van der Waals surface area contributed by atoms with E-state index in [0.717, 1.165) is 30.9 Å². The van der Waals surface area contributed by atoms with Gasteiger partial charge in [0.15, 0.2) is 5.71 Å². The lowest BCUT2D eigenvalue weighted by Gasteiger charge is -2.27. The Morgan fingerprint density at radius 3 is 2.64 bits per heavy atom. The lowest BCUT2D eigenvalue weighted by molar-refractivity contribution is -0.136. The van der Waals surface area contributed by atoms with Gasteiger partial charge in [0.1, 0.15) is 0 Å². The highest BCUT2D eigenvalue weighted by Crippen LogP contribution is 2.33. The molecule has 0 amide bonds. The highest BCUT2D eigenvalue weighted by Gasteiger charge is 2.45. The molecule has 2 aliphatic rings. The zero-order chi connectivity index (χ0) is 15.7. The normalized spacial score (nSPS) is 21.2. The number of nitrogens with zero attached hydrogens (tertiary/aromatic N) is 2. The van der Waals surface area contributed by atoms with E-state index in [1.807, 2.05) is 6.07 Å². The molecule has 118 valence electrons. The molecule has 0 aromatic carbocycles. The lowest BCUT2D eigenvalue weighted by atomic mass is 10.1. The molecule has 0 spiro atoms. The molecule has 0 N–H and O–H groups in total. The van der Waals surface area contributed by atoms with Gasteiger partial charge in [0, 0.05) is 18.0 Å². The van der Waals surface area contributed by atoms with E-state index in [2.05, 4.69) is 14.9 Å². The van der Waals surface area contributed by atoms with Crippen LogP contribution in [0.1, 0.15) is 24.1 Å². The van der Waals surface area contributed by atoms with Crippen molar-refractivity contribution in [1.29, 1.82) is 0 Å². The van der Waals surface area contributed by atoms with Gasteiger partial charge in [-0.15, -0.1) is 11.3 Å². The quantitative estimate of drug-likeness (QED) is 0.615. The van der Waals surface area contributed by atoms with Gasteiger partial charge in [-0.3, -0.25) is 0 Å². The van der Waals surface area contributed by atoms with Crippen molar-refractivity contribution in [2.45, 2.75) is 25.4 Å². The van der Waals surface area contributed by atoms with Crippen LogP contribution in [0.15, 0.2) is 22.9 Å². The number of thiophene rings is 1. The molecule has 0 radical (unpaired) electrons. The van der Waals surface area contributed by atoms with Crippen molar-refractivity contribution in [2.75, 3.05) is 18.0 Å². The first-order valence-electron chi connectivity index (χ1n) is 6.88. The van der Waals surface area contributed by atoms with Gasteiger partial charge in [-0.2, -0.15) is 13.2 Å². The molecule has 0 saturated carbocycles. The van der Waals surface area contributed by atoms with Crippen LogP contribution in [0.5, 0.6) is 0 Å². The summed E-state index contributed by atoms with van der Waals surface area (Å²) in [6.45, 7) is 1.90. The van der Waals surface area contributed by atoms with E-state index < -0.39 is 23.4 Å². The van der Waals surface area contributed by atoms with Crippen molar-refractivity contribution in [3.8, 4) is 0 Å². The molecule has 3 rings (SSSR count). The average molecular weight is 330 g/mol. The van der Waals surface area contributed by atoms with Gasteiger partial charge in [0.05, 0.1) is 10.6 Å². The smallest absolute Gasteiger partial charge is 0.363 e. The number of oxime groups is 1. The summed E-state index contributed by atoms with van der Waals surface area (Å²) in [5, 5.41) is 3.83. The molecule has 0 unspecified atom stereocenters. The second-order valence-electron chi connectivity index (χ2n) is 5.10. The topological polar surface area (TPSA) is 41.9 Å². The van der Waals surface area contributed by atoms with Crippen LogP contribution in [0, 0.1) is 0 Å². The molecular weight excluding hydrogens is 317 g/mol. The minimum absolute atomic E-state index is 0.542. The van der Waals surface area contributed by atoms with Crippen LogP contribution in [-0.2, 0) is 9.63 Å². The first-order valence-corrected chi connectivity index (χ1v) is 7.70. The molecule has 0 bridgehead atoms. The number of carbonyl (C=O) groups is 1. The van der Waals surface area contributed by atoms with E-state index in [-0.39, 0.29) is 0 Å². The maximum atomic E-state index is 12.8. The van der Waals surface area contributed by atoms with Crippen LogP contribution < -0.4 is 4.90 Å². The van der Waals surface area contributed by atoms with Crippen LogP contribution in [0.25, 0.3) is 6.08 Å². The minimum Gasteiger partial charge on any atom is -0.363 e. The standard InChI is InChI=1S/C14H13F3N2O2S/c15-14(16,17)12-10(13(20)21-18-12)8-9-4-5-11(22-9)19-6-2-1-3-7-19/h4-5,8H,1-3,6-7H2. The third-order valence-electron chi connectivity index (χ3n) is 3.53. The Bertz CT molecular complexity index is 643. The van der Waals surface area contributed by atoms with Crippen LogP contribution in [-0.4, -0.2) is 30.9 Å². The summed E-state index contributed by atoms with van der Waals surface area (Å²) >= 11 is 1.36. The van der Waals surface area contributed by atoms with E-state index >= 15 is 0 Å². The Hall–Kier alpha value is -1.83. The summed E-state index contributed by atoms with van der Waals surface area (Å²) in [4.78, 5) is 18.4. The third kappa shape index (κ3) is 3.01. The third-order valence-corrected chi connectivity index (χ3v) is 4.62. The molecule has 3 heterocycles. The van der Waals surface area contributed by atoms with Gasteiger partial charge < -0.3 is 9.74 Å². The molecule has 2 aliphatic heterocycles. The van der Waals surface area contributed by atoms with E-state index in [9.17, 15) is 18.0 Å². The largest absolute Gasteiger partial charge is 0.437 e. The number of halogens is 3. The van der Waals surface area contributed by atoms with Crippen LogP contribution in [0.3, 0.4) is 0 Å². The first-order chi connectivity index (χ1) is 10.4. The molecule has 8 heteroatoms. The van der Waals surface area contributed by atoms with E-state index in [1.165, 1.54) is 23.8 Å². The van der Waals surface area contributed by atoms with Crippen molar-refractivity contribution in [3.63, 3.8) is 0 Å². The number of piperidine rings is 1. The Labute approximate surface area is 128 Å². The number of carbonyl (C=O) groups excluding carboxylic acids is 1. The fraction of sp³-hybridized carbons (Fsp3) is 0.429. The molecule has 0 aliphatic carbocycles. The van der Waals surface area contributed by atoms with Crippen molar-refractivity contribution < 1.29 is 22.8 Å². The number of hydrogen-bond acceptors (Lipinski definition) is 5. The molecule has 1 aromatic rings.